The molecule has 4 bridgehead atoms. The van der Waals surface area contributed by atoms with Crippen molar-refractivity contribution in [3.8, 4) is 11.4 Å². The number of aromatic carboxylic acids is 1. The van der Waals surface area contributed by atoms with Gasteiger partial charge >= 0.3 is 5.97 Å². The van der Waals surface area contributed by atoms with E-state index >= 15 is 0 Å². The first-order valence-corrected chi connectivity index (χ1v) is 13.5. The minimum absolute atomic E-state index is 0.306. The Kier molecular flexibility index (Phi) is 5.86. The van der Waals surface area contributed by atoms with Gasteiger partial charge in [0.25, 0.3) is 0 Å². The Morgan fingerprint density at radius 3 is 2.39 bits per heavy atom. The summed E-state index contributed by atoms with van der Waals surface area (Å²) in [6, 6.07) is 15.6. The minimum atomic E-state index is -0.902. The molecule has 0 atom stereocenters. The summed E-state index contributed by atoms with van der Waals surface area (Å²) in [5.74, 6) is 3.00. The van der Waals surface area contributed by atoms with Crippen LogP contribution in [0.3, 0.4) is 0 Å². The zero-order valence-corrected chi connectivity index (χ0v) is 21.4. The Morgan fingerprint density at radius 1 is 1.03 bits per heavy atom. The molecule has 0 saturated heterocycles. The number of carboxylic acid groups (broad SMARTS) is 1. The quantitative estimate of drug-likeness (QED) is 0.383. The third-order valence-electron chi connectivity index (χ3n) is 9.26. The molecule has 0 radical (unpaired) electrons. The molecule has 4 fully saturated rings. The lowest BCUT2D eigenvalue weighted by molar-refractivity contribution is -0.0571. The van der Waals surface area contributed by atoms with Crippen molar-refractivity contribution < 1.29 is 9.90 Å². The van der Waals surface area contributed by atoms with Gasteiger partial charge in [0.05, 0.1) is 11.3 Å². The Balaban J connectivity index is 1.33. The van der Waals surface area contributed by atoms with Gasteiger partial charge in [0.1, 0.15) is 5.82 Å². The van der Waals surface area contributed by atoms with Gasteiger partial charge < -0.3 is 9.67 Å². The number of rotatable bonds is 7. The predicted molar refractivity (Wildman–Crippen MR) is 145 cm³/mol. The van der Waals surface area contributed by atoms with Crippen LogP contribution in [0.1, 0.15) is 77.8 Å². The summed E-state index contributed by atoms with van der Waals surface area (Å²) in [5, 5.41) is 9.38. The summed E-state index contributed by atoms with van der Waals surface area (Å²) >= 11 is 0. The number of nitrogens with zero attached hydrogens (tertiary/aromatic N) is 2. The number of carboxylic acids is 1. The maximum atomic E-state index is 11.4. The molecule has 1 aromatic heterocycles. The molecule has 4 saturated carbocycles. The Hall–Kier alpha value is -3.14. The molecule has 0 spiro atoms. The molecule has 186 valence electrons. The van der Waals surface area contributed by atoms with Gasteiger partial charge in [0, 0.05) is 18.3 Å². The fraction of sp³-hybridized carbons (Fsp3) is 0.438. The van der Waals surface area contributed by atoms with Crippen LogP contribution < -0.4 is 0 Å². The third-order valence-corrected chi connectivity index (χ3v) is 9.26. The first-order valence-electron chi connectivity index (χ1n) is 13.5. The zero-order valence-electron chi connectivity index (χ0n) is 21.4. The van der Waals surface area contributed by atoms with E-state index in [2.05, 4.69) is 48.9 Å². The van der Waals surface area contributed by atoms with Crippen LogP contribution in [-0.2, 0) is 13.5 Å². The average molecular weight is 481 g/mol. The number of aromatic nitrogens is 2. The Labute approximate surface area is 214 Å². The van der Waals surface area contributed by atoms with Crippen molar-refractivity contribution in [2.24, 2.45) is 30.2 Å². The van der Waals surface area contributed by atoms with Crippen molar-refractivity contribution in [1.82, 2.24) is 9.55 Å². The molecular formula is C32H36N2O2. The second-order valence-electron chi connectivity index (χ2n) is 11.8. The van der Waals surface area contributed by atoms with Crippen molar-refractivity contribution in [3.05, 3.63) is 76.6 Å². The van der Waals surface area contributed by atoms with Gasteiger partial charge in [-0.1, -0.05) is 42.5 Å². The van der Waals surface area contributed by atoms with Crippen molar-refractivity contribution in [1.29, 1.82) is 0 Å². The van der Waals surface area contributed by atoms with Gasteiger partial charge in [0.2, 0.25) is 0 Å². The van der Waals surface area contributed by atoms with Crippen LogP contribution in [0.25, 0.3) is 23.5 Å². The lowest BCUT2D eigenvalue weighted by atomic mass is 9.48. The Bertz CT molecular complexity index is 1300. The van der Waals surface area contributed by atoms with E-state index in [0.717, 1.165) is 41.3 Å². The second-order valence-corrected chi connectivity index (χ2v) is 11.8. The number of aryl methyl sites for hydroxylation is 1. The molecule has 1 heterocycles. The van der Waals surface area contributed by atoms with Crippen molar-refractivity contribution >= 4 is 18.1 Å². The number of hydrogen-bond donors (Lipinski definition) is 1. The van der Waals surface area contributed by atoms with Gasteiger partial charge in [-0.15, -0.1) is 0 Å². The van der Waals surface area contributed by atoms with Crippen LogP contribution in [0.2, 0.25) is 0 Å². The van der Waals surface area contributed by atoms with Crippen LogP contribution >= 0.6 is 0 Å². The molecule has 0 unspecified atom stereocenters. The molecule has 2 aromatic carbocycles. The van der Waals surface area contributed by atoms with Crippen LogP contribution in [-0.4, -0.2) is 20.6 Å². The van der Waals surface area contributed by atoms with E-state index < -0.39 is 5.97 Å². The van der Waals surface area contributed by atoms with Crippen molar-refractivity contribution in [3.63, 3.8) is 0 Å². The number of carbonyl (C=O) groups is 1. The summed E-state index contributed by atoms with van der Waals surface area (Å²) in [5.41, 5.74) is 6.40. The van der Waals surface area contributed by atoms with Gasteiger partial charge in [-0.25, -0.2) is 9.78 Å². The molecule has 4 heteroatoms. The smallest absolute Gasteiger partial charge is 0.335 e. The fourth-order valence-corrected chi connectivity index (χ4v) is 7.98. The highest BCUT2D eigenvalue weighted by Crippen LogP contribution is 2.61. The van der Waals surface area contributed by atoms with Crippen molar-refractivity contribution in [2.75, 3.05) is 0 Å². The summed E-state index contributed by atoms with van der Waals surface area (Å²) in [6.45, 7) is 2.14. The predicted octanol–water partition coefficient (Wildman–Crippen LogP) is 7.41. The van der Waals surface area contributed by atoms with E-state index in [1.54, 1.807) is 18.2 Å². The molecule has 1 N–H and O–H groups in total. The number of hydrogen-bond acceptors (Lipinski definition) is 2. The first kappa shape index (κ1) is 23.3. The molecule has 4 nitrogen and oxygen atoms in total. The number of benzene rings is 2. The molecule has 0 amide bonds. The van der Waals surface area contributed by atoms with E-state index in [4.69, 9.17) is 4.98 Å². The van der Waals surface area contributed by atoms with Gasteiger partial charge in [-0.3, -0.25) is 0 Å². The van der Waals surface area contributed by atoms with Gasteiger partial charge in [0.15, 0.2) is 0 Å². The van der Waals surface area contributed by atoms with Gasteiger partial charge in [-0.05, 0) is 111 Å². The van der Waals surface area contributed by atoms with E-state index in [-0.39, 0.29) is 0 Å². The molecular weight excluding hydrogens is 444 g/mol. The molecule has 4 aliphatic carbocycles. The van der Waals surface area contributed by atoms with E-state index in [9.17, 15) is 9.90 Å². The molecule has 0 aliphatic heterocycles. The maximum Gasteiger partial charge on any atom is 0.335 e. The highest BCUT2D eigenvalue weighted by Gasteiger charge is 2.50. The topological polar surface area (TPSA) is 55.1 Å². The second kappa shape index (κ2) is 9.06. The molecule has 4 aliphatic rings. The monoisotopic (exact) mass is 480 g/mol. The Morgan fingerprint density at radius 2 is 1.72 bits per heavy atom. The number of imidazole rings is 1. The summed E-state index contributed by atoms with van der Waals surface area (Å²) < 4.78 is 2.30. The van der Waals surface area contributed by atoms with Crippen LogP contribution in [0, 0.1) is 30.1 Å². The molecule has 3 aromatic rings. The van der Waals surface area contributed by atoms with E-state index in [0.29, 0.717) is 11.0 Å². The fourth-order valence-electron chi connectivity index (χ4n) is 7.98. The minimum Gasteiger partial charge on any atom is -0.478 e. The average Bonchev–Trinajstić information content (AvgIpc) is 3.16. The molecule has 36 heavy (non-hydrogen) atoms. The van der Waals surface area contributed by atoms with Crippen LogP contribution in [0.15, 0.2) is 48.5 Å². The van der Waals surface area contributed by atoms with Crippen LogP contribution in [0.5, 0.6) is 0 Å². The lowest BCUT2D eigenvalue weighted by Gasteiger charge is -2.57. The highest BCUT2D eigenvalue weighted by atomic mass is 16.4. The summed E-state index contributed by atoms with van der Waals surface area (Å²) in [7, 11) is 2.16. The SMILES string of the molecule is Cc1ccccc1-c1nc(/C=C/c2cccc(C(=O)O)c2)c(CCC23CC4CC(CC(C4)C2)C3)n1C. The first-order chi connectivity index (χ1) is 17.4. The highest BCUT2D eigenvalue weighted by molar-refractivity contribution is 5.88. The maximum absolute atomic E-state index is 11.4. The summed E-state index contributed by atoms with van der Waals surface area (Å²) in [6.07, 6.45) is 15.1. The van der Waals surface area contributed by atoms with Crippen molar-refractivity contribution in [2.45, 2.75) is 58.3 Å². The van der Waals surface area contributed by atoms with Gasteiger partial charge in [-0.2, -0.15) is 0 Å². The summed E-state index contributed by atoms with van der Waals surface area (Å²) in [4.78, 5) is 16.6. The normalized spacial score (nSPS) is 26.7. The van der Waals surface area contributed by atoms with Crippen LogP contribution in [0.4, 0.5) is 0 Å². The standard InChI is InChI=1S/C32H36N2O2/c1-21-6-3-4-9-27(21)30-33-28(11-10-22-7-5-8-26(17-22)31(35)36)29(34(30)2)12-13-32-18-23-14-24(19-32)16-25(15-23)20-32/h3-11,17,23-25H,12-16,18-20H2,1-2H3,(H,35,36)/b11-10+. The van der Waals surface area contributed by atoms with E-state index in [1.165, 1.54) is 61.8 Å². The lowest BCUT2D eigenvalue weighted by Crippen LogP contribution is -2.46. The third kappa shape index (κ3) is 4.31. The zero-order chi connectivity index (χ0) is 24.9. The van der Waals surface area contributed by atoms with E-state index in [1.807, 2.05) is 12.1 Å². The largest absolute Gasteiger partial charge is 0.478 e. The molecule has 7 rings (SSSR count).